The standard InChI is InChI=1S/C14H21FN2O/c1-13(2,16)8-17-9-14(3,4)18-12-6-5-10(15)7-11(12)17/h5-7H,8-9,16H2,1-4H3. The first-order valence-corrected chi connectivity index (χ1v) is 6.19. The van der Waals surface area contributed by atoms with Crippen LogP contribution >= 0.6 is 0 Å². The average Bonchev–Trinajstić information content (AvgIpc) is 2.15. The number of ether oxygens (including phenoxy) is 1. The van der Waals surface area contributed by atoms with Gasteiger partial charge in [0.2, 0.25) is 0 Å². The molecule has 1 aromatic rings. The molecule has 1 aliphatic rings. The predicted molar refractivity (Wildman–Crippen MR) is 71.6 cm³/mol. The molecule has 0 fully saturated rings. The molecule has 100 valence electrons. The molecular weight excluding hydrogens is 231 g/mol. The number of nitrogens with zero attached hydrogens (tertiary/aromatic N) is 1. The van der Waals surface area contributed by atoms with Gasteiger partial charge in [-0.05, 0) is 39.8 Å². The van der Waals surface area contributed by atoms with Crippen molar-refractivity contribution in [2.24, 2.45) is 5.73 Å². The molecule has 0 aliphatic carbocycles. The zero-order chi connectivity index (χ0) is 13.6. The molecule has 1 aliphatic heterocycles. The Kier molecular flexibility index (Phi) is 3.01. The third kappa shape index (κ3) is 2.93. The van der Waals surface area contributed by atoms with E-state index in [9.17, 15) is 4.39 Å². The molecule has 0 radical (unpaired) electrons. The molecule has 0 atom stereocenters. The predicted octanol–water partition coefficient (Wildman–Crippen LogP) is 2.54. The lowest BCUT2D eigenvalue weighted by atomic mass is 10.0. The van der Waals surface area contributed by atoms with Gasteiger partial charge in [0.1, 0.15) is 17.2 Å². The monoisotopic (exact) mass is 252 g/mol. The van der Waals surface area contributed by atoms with E-state index in [1.165, 1.54) is 12.1 Å². The van der Waals surface area contributed by atoms with Gasteiger partial charge in [0, 0.05) is 18.2 Å². The molecule has 2 rings (SSSR count). The molecular formula is C14H21FN2O. The van der Waals surface area contributed by atoms with E-state index < -0.39 is 0 Å². The van der Waals surface area contributed by atoms with Gasteiger partial charge < -0.3 is 15.4 Å². The Morgan fingerprint density at radius 3 is 2.72 bits per heavy atom. The van der Waals surface area contributed by atoms with Crippen LogP contribution in [0.1, 0.15) is 27.7 Å². The molecule has 2 N–H and O–H groups in total. The highest BCUT2D eigenvalue weighted by Crippen LogP contribution is 2.37. The summed E-state index contributed by atoms with van der Waals surface area (Å²) in [7, 11) is 0. The second kappa shape index (κ2) is 4.12. The SMILES string of the molecule is CC(C)(N)CN1CC(C)(C)Oc2ccc(F)cc21. The number of rotatable bonds is 2. The minimum atomic E-state index is -0.336. The van der Waals surface area contributed by atoms with Crippen LogP contribution in [-0.4, -0.2) is 24.2 Å². The second-order valence-electron chi connectivity index (χ2n) is 6.32. The Balaban J connectivity index is 2.38. The second-order valence-corrected chi connectivity index (χ2v) is 6.32. The fourth-order valence-electron chi connectivity index (χ4n) is 2.33. The molecule has 1 heterocycles. The van der Waals surface area contributed by atoms with E-state index in [1.807, 2.05) is 27.7 Å². The van der Waals surface area contributed by atoms with E-state index in [1.54, 1.807) is 6.07 Å². The molecule has 3 nitrogen and oxygen atoms in total. The van der Waals surface area contributed by atoms with Crippen LogP contribution in [0.2, 0.25) is 0 Å². The zero-order valence-corrected chi connectivity index (χ0v) is 11.5. The van der Waals surface area contributed by atoms with Gasteiger partial charge >= 0.3 is 0 Å². The van der Waals surface area contributed by atoms with Crippen LogP contribution in [0.5, 0.6) is 5.75 Å². The Hall–Kier alpha value is -1.29. The molecule has 0 saturated heterocycles. The van der Waals surface area contributed by atoms with Crippen LogP contribution in [0.25, 0.3) is 0 Å². The maximum atomic E-state index is 13.4. The fourth-order valence-corrected chi connectivity index (χ4v) is 2.33. The Labute approximate surface area is 108 Å². The Morgan fingerprint density at radius 2 is 2.11 bits per heavy atom. The van der Waals surface area contributed by atoms with Gasteiger partial charge in [-0.25, -0.2) is 4.39 Å². The van der Waals surface area contributed by atoms with Gasteiger partial charge in [0.25, 0.3) is 0 Å². The molecule has 0 bridgehead atoms. The van der Waals surface area contributed by atoms with Crippen LogP contribution < -0.4 is 15.4 Å². The summed E-state index contributed by atoms with van der Waals surface area (Å²) in [6, 6.07) is 4.62. The maximum Gasteiger partial charge on any atom is 0.143 e. The summed E-state index contributed by atoms with van der Waals surface area (Å²) in [4.78, 5) is 2.10. The molecule has 0 aromatic heterocycles. The number of halogens is 1. The summed E-state index contributed by atoms with van der Waals surface area (Å²) in [5.41, 5.74) is 6.23. The van der Waals surface area contributed by atoms with Crippen molar-refractivity contribution < 1.29 is 9.13 Å². The van der Waals surface area contributed by atoms with E-state index in [4.69, 9.17) is 10.5 Å². The van der Waals surface area contributed by atoms with E-state index in [2.05, 4.69) is 4.90 Å². The zero-order valence-electron chi connectivity index (χ0n) is 11.5. The van der Waals surface area contributed by atoms with Gasteiger partial charge in [-0.15, -0.1) is 0 Å². The number of hydrogen-bond donors (Lipinski definition) is 1. The molecule has 4 heteroatoms. The molecule has 0 spiro atoms. The maximum absolute atomic E-state index is 13.4. The summed E-state index contributed by atoms with van der Waals surface area (Å²) in [6.07, 6.45) is 0. The lowest BCUT2D eigenvalue weighted by Gasteiger charge is -2.43. The van der Waals surface area contributed by atoms with Crippen molar-refractivity contribution in [3.63, 3.8) is 0 Å². The molecule has 0 unspecified atom stereocenters. The number of hydrogen-bond acceptors (Lipinski definition) is 3. The van der Waals surface area contributed by atoms with Gasteiger partial charge in [-0.1, -0.05) is 0 Å². The van der Waals surface area contributed by atoms with Crippen molar-refractivity contribution in [3.05, 3.63) is 24.0 Å². The van der Waals surface area contributed by atoms with Gasteiger partial charge in [-0.2, -0.15) is 0 Å². The van der Waals surface area contributed by atoms with E-state index in [0.717, 1.165) is 11.4 Å². The lowest BCUT2D eigenvalue weighted by molar-refractivity contribution is 0.103. The fraction of sp³-hybridized carbons (Fsp3) is 0.571. The number of nitrogens with two attached hydrogens (primary N) is 1. The van der Waals surface area contributed by atoms with Crippen LogP contribution in [0.15, 0.2) is 18.2 Å². The minimum absolute atomic E-state index is 0.253. The lowest BCUT2D eigenvalue weighted by Crippen LogP contribution is -2.53. The minimum Gasteiger partial charge on any atom is -0.484 e. The first kappa shape index (κ1) is 13.1. The van der Waals surface area contributed by atoms with Crippen LogP contribution in [-0.2, 0) is 0 Å². The highest BCUT2D eigenvalue weighted by Gasteiger charge is 2.33. The third-order valence-corrected chi connectivity index (χ3v) is 2.82. The van der Waals surface area contributed by atoms with Crippen molar-refractivity contribution in [1.29, 1.82) is 0 Å². The summed E-state index contributed by atoms with van der Waals surface area (Å²) in [5.74, 6) is 0.466. The molecule has 0 saturated carbocycles. The summed E-state index contributed by atoms with van der Waals surface area (Å²) < 4.78 is 19.2. The van der Waals surface area contributed by atoms with Crippen molar-refractivity contribution in [2.75, 3.05) is 18.0 Å². The van der Waals surface area contributed by atoms with E-state index >= 15 is 0 Å². The van der Waals surface area contributed by atoms with Crippen molar-refractivity contribution >= 4 is 5.69 Å². The number of fused-ring (bicyclic) bond motifs is 1. The molecule has 1 aromatic carbocycles. The first-order valence-electron chi connectivity index (χ1n) is 6.19. The summed E-state index contributed by atoms with van der Waals surface area (Å²) in [6.45, 7) is 9.34. The quantitative estimate of drug-likeness (QED) is 0.879. The summed E-state index contributed by atoms with van der Waals surface area (Å²) >= 11 is 0. The van der Waals surface area contributed by atoms with Crippen molar-refractivity contribution in [2.45, 2.75) is 38.8 Å². The van der Waals surface area contributed by atoms with Gasteiger partial charge in [0.15, 0.2) is 0 Å². The van der Waals surface area contributed by atoms with E-state index in [-0.39, 0.29) is 17.0 Å². The largest absolute Gasteiger partial charge is 0.484 e. The van der Waals surface area contributed by atoms with Crippen LogP contribution in [0.4, 0.5) is 10.1 Å². The number of anilines is 1. The summed E-state index contributed by atoms with van der Waals surface area (Å²) in [5, 5.41) is 0. The number of benzene rings is 1. The van der Waals surface area contributed by atoms with Crippen LogP contribution in [0, 0.1) is 5.82 Å². The molecule has 18 heavy (non-hydrogen) atoms. The van der Waals surface area contributed by atoms with Crippen molar-refractivity contribution in [3.8, 4) is 5.75 Å². The third-order valence-electron chi connectivity index (χ3n) is 2.82. The normalized spacial score (nSPS) is 18.2. The van der Waals surface area contributed by atoms with Crippen LogP contribution in [0.3, 0.4) is 0 Å². The smallest absolute Gasteiger partial charge is 0.143 e. The van der Waals surface area contributed by atoms with E-state index in [0.29, 0.717) is 13.1 Å². The average molecular weight is 252 g/mol. The first-order chi connectivity index (χ1) is 8.16. The van der Waals surface area contributed by atoms with Gasteiger partial charge in [-0.3, -0.25) is 0 Å². The topological polar surface area (TPSA) is 38.5 Å². The molecule has 0 amide bonds. The highest BCUT2D eigenvalue weighted by atomic mass is 19.1. The Bertz CT molecular complexity index is 452. The van der Waals surface area contributed by atoms with Crippen molar-refractivity contribution in [1.82, 2.24) is 0 Å². The highest BCUT2D eigenvalue weighted by molar-refractivity contribution is 5.61. The Morgan fingerprint density at radius 1 is 1.44 bits per heavy atom. The van der Waals surface area contributed by atoms with Gasteiger partial charge in [0.05, 0.1) is 12.2 Å².